The Hall–Kier alpha value is -5.42. The van der Waals surface area contributed by atoms with Crippen LogP contribution in [0, 0.1) is 64.6 Å². The third kappa shape index (κ3) is 8.55. The van der Waals surface area contributed by atoms with Gasteiger partial charge in [-0.1, -0.05) is 68.2 Å². The summed E-state index contributed by atoms with van der Waals surface area (Å²) < 4.78 is 5.60. The van der Waals surface area contributed by atoms with Gasteiger partial charge in [0.25, 0.3) is 0 Å². The number of aryl methyl sites for hydroxylation is 1. The van der Waals surface area contributed by atoms with Crippen molar-refractivity contribution < 1.29 is 34.8 Å². The number of carbonyl (C=O) groups excluding carboxylic acids is 2. The molecule has 0 bridgehead atoms. The van der Waals surface area contributed by atoms with Crippen molar-refractivity contribution in [1.82, 2.24) is 20.9 Å². The molecule has 3 heterocycles. The van der Waals surface area contributed by atoms with Gasteiger partial charge in [0.1, 0.15) is 11.2 Å². The second-order valence-corrected chi connectivity index (χ2v) is 23.9. The Labute approximate surface area is 441 Å². The summed E-state index contributed by atoms with van der Waals surface area (Å²) in [5.74, 6) is 10.3. The third-order valence-corrected chi connectivity index (χ3v) is 20.6. The number of allylic oxidation sites excluding steroid dienone is 2. The van der Waals surface area contributed by atoms with Crippen LogP contribution in [0.25, 0.3) is 10.8 Å². The van der Waals surface area contributed by atoms with Crippen LogP contribution in [0.4, 0.5) is 0 Å². The van der Waals surface area contributed by atoms with E-state index in [1.54, 1.807) is 12.1 Å². The van der Waals surface area contributed by atoms with Gasteiger partial charge >= 0.3 is 0 Å². The zero-order valence-electron chi connectivity index (χ0n) is 43.9. The molecule has 1 spiro atoms. The highest BCUT2D eigenvalue weighted by atomic mass is 16.5. The second-order valence-electron chi connectivity index (χ2n) is 23.9. The highest BCUT2D eigenvalue weighted by Crippen LogP contribution is 2.68. The second kappa shape index (κ2) is 20.2. The van der Waals surface area contributed by atoms with Gasteiger partial charge in [-0.2, -0.15) is 0 Å². The lowest BCUT2D eigenvalue weighted by Gasteiger charge is -2.66. The van der Waals surface area contributed by atoms with Crippen LogP contribution in [0.1, 0.15) is 130 Å². The van der Waals surface area contributed by atoms with Crippen LogP contribution >= 0.6 is 0 Å². The fourth-order valence-electron chi connectivity index (χ4n) is 17.4. The lowest BCUT2D eigenvalue weighted by molar-refractivity contribution is -0.165. The highest BCUT2D eigenvalue weighted by molar-refractivity contribution is 5.89. The first-order valence-electron chi connectivity index (χ1n) is 28.5. The van der Waals surface area contributed by atoms with Gasteiger partial charge in [0.15, 0.2) is 17.3 Å². The number of aliphatic hydroxyl groups is 3. The number of ketones is 2. The number of dihydropyridines is 1. The van der Waals surface area contributed by atoms with Gasteiger partial charge in [0, 0.05) is 61.5 Å². The average molecular weight is 1020 g/mol. The lowest BCUT2D eigenvalue weighted by atomic mass is 9.40. The number of rotatable bonds is 12. The quantitative estimate of drug-likeness (QED) is 0.0634. The summed E-state index contributed by atoms with van der Waals surface area (Å²) in [7, 11) is 1.51. The van der Waals surface area contributed by atoms with Gasteiger partial charge in [0.05, 0.1) is 31.2 Å². The van der Waals surface area contributed by atoms with Gasteiger partial charge < -0.3 is 51.8 Å². The molecule has 3 aromatic carbocycles. The molecule has 2 aliphatic heterocycles. The van der Waals surface area contributed by atoms with Crippen LogP contribution in [0.2, 0.25) is 0 Å². The topological polar surface area (TPSA) is 202 Å². The minimum absolute atomic E-state index is 0.0362. The number of nitrogens with one attached hydrogen (secondary N) is 4. The number of ether oxygens (including phenoxy) is 1. The Morgan fingerprint density at radius 1 is 0.907 bits per heavy atom. The molecular weight excluding hydrogens is 939 g/mol. The van der Waals surface area contributed by atoms with E-state index in [-0.39, 0.29) is 66.3 Å². The van der Waals surface area contributed by atoms with Gasteiger partial charge in [-0.3, -0.25) is 9.59 Å². The molecule has 17 atom stereocenters. The summed E-state index contributed by atoms with van der Waals surface area (Å²) in [6.45, 7) is 7.57. The van der Waals surface area contributed by atoms with E-state index in [4.69, 9.17) is 10.5 Å². The molecule has 396 valence electrons. The molecule has 0 radical (unpaired) electrons. The first-order valence-corrected chi connectivity index (χ1v) is 28.5. The summed E-state index contributed by atoms with van der Waals surface area (Å²) in [6, 6.07) is 20.5. The van der Waals surface area contributed by atoms with Crippen molar-refractivity contribution in [2.75, 3.05) is 33.3 Å². The van der Waals surface area contributed by atoms with Crippen molar-refractivity contribution in [2.24, 2.45) is 58.5 Å². The zero-order valence-corrected chi connectivity index (χ0v) is 43.9. The predicted octanol–water partition coefficient (Wildman–Crippen LogP) is 7.58. The summed E-state index contributed by atoms with van der Waals surface area (Å²) in [5.41, 5.74) is 12.5. The Morgan fingerprint density at radius 3 is 2.53 bits per heavy atom. The Morgan fingerprint density at radius 2 is 1.72 bits per heavy atom. The number of hydrogen-bond acceptors (Lipinski definition) is 11. The van der Waals surface area contributed by atoms with Crippen molar-refractivity contribution in [1.29, 1.82) is 0 Å². The van der Waals surface area contributed by atoms with Crippen LogP contribution in [-0.2, 0) is 16.0 Å². The number of aromatic amines is 1. The summed E-state index contributed by atoms with van der Waals surface area (Å²) in [4.78, 5) is 32.2. The number of phenolic OH excluding ortho intramolecular Hbond substituents is 1. The number of nitrogens with two attached hydrogens (primary N) is 1. The predicted molar refractivity (Wildman–Crippen MR) is 290 cm³/mol. The van der Waals surface area contributed by atoms with Gasteiger partial charge in [-0.15, -0.1) is 0 Å². The average Bonchev–Trinajstić information content (AvgIpc) is 3.93. The monoisotopic (exact) mass is 1020 g/mol. The van der Waals surface area contributed by atoms with E-state index in [1.807, 2.05) is 18.2 Å². The number of phenols is 1. The van der Waals surface area contributed by atoms with Gasteiger partial charge in [-0.05, 0) is 193 Å². The van der Waals surface area contributed by atoms with Crippen LogP contribution in [0.3, 0.4) is 0 Å². The minimum atomic E-state index is -1.32. The highest BCUT2D eigenvalue weighted by Gasteiger charge is 2.65. The molecular formula is C63H77N5O7. The summed E-state index contributed by atoms with van der Waals surface area (Å²) in [5, 5.41) is 62.4. The SMILES string of the molecule is CCNCC1C2c3[nH]ccc3C3CC(=O)CC4NCC(C5CCC6C(CCC7(C#CC(CC(O)C(O)CC(C8=C(CC)CNC(N)=C8)c8ccc9ccccc9c8)c8cc(O)c(OC)cc8CCC7=O)C6O)C51)C2C43. The molecule has 17 unspecified atom stereocenters. The molecule has 12 nitrogen and oxygen atoms in total. The van der Waals surface area contributed by atoms with E-state index in [1.165, 1.54) is 23.9 Å². The van der Waals surface area contributed by atoms with Gasteiger partial charge in [0.2, 0.25) is 0 Å². The zero-order chi connectivity index (χ0) is 51.9. The van der Waals surface area contributed by atoms with E-state index in [9.17, 15) is 25.2 Å². The molecule has 0 amide bonds. The maximum Gasteiger partial charge on any atom is 0.160 e. The number of hydrogen-bond donors (Lipinski definition) is 9. The number of methoxy groups -OCH3 is 1. The normalized spacial score (nSPS) is 34.9. The molecule has 8 aliphatic rings. The molecule has 12 rings (SSSR count). The molecule has 75 heavy (non-hydrogen) atoms. The number of piperidine rings is 1. The fourth-order valence-corrected chi connectivity index (χ4v) is 17.4. The van der Waals surface area contributed by atoms with E-state index in [0.29, 0.717) is 90.8 Å². The number of aromatic nitrogens is 1. The minimum Gasteiger partial charge on any atom is -0.504 e. The van der Waals surface area contributed by atoms with Crippen molar-refractivity contribution in [2.45, 2.75) is 133 Å². The lowest BCUT2D eigenvalue weighted by Crippen LogP contribution is -2.67. The summed E-state index contributed by atoms with van der Waals surface area (Å²) in [6.07, 6.45) is 6.47. The summed E-state index contributed by atoms with van der Waals surface area (Å²) >= 11 is 0. The van der Waals surface area contributed by atoms with Crippen LogP contribution < -0.4 is 26.4 Å². The van der Waals surface area contributed by atoms with Crippen molar-refractivity contribution in [3.8, 4) is 23.3 Å². The maximum absolute atomic E-state index is 15.2. The number of fused-ring (bicyclic) bond motifs is 9. The van der Waals surface area contributed by atoms with Gasteiger partial charge in [-0.25, -0.2) is 0 Å². The van der Waals surface area contributed by atoms with Crippen molar-refractivity contribution in [3.05, 3.63) is 118 Å². The standard InChI is InChI=1S/C63H77N5O7/c1-4-33-30-68-56(64)29-46(33)45(36-11-10-34-8-6-7-9-35(34)22-36)28-52(71)51(70)23-38-16-19-63(55(73)15-12-37-24-54(75-3)53(72)27-44(37)38)20-17-41-43(62(63)74)14-13-40-48-32-67-50-26-39(69)25-47-42-18-21-66-61(42)60(59(48)58(47)50)49(57(40)41)31-65-5-2/h6-11,18,21-22,24,27,29,38,40-41,43,45,47-52,57-60,62,65-68,70-72,74H,4-5,12-15,17,20,23,25-26,28,30-32,64H2,1-3H3. The van der Waals surface area contributed by atoms with Crippen molar-refractivity contribution >= 4 is 22.3 Å². The van der Waals surface area contributed by atoms with Crippen LogP contribution in [-0.4, -0.2) is 94.6 Å². The molecule has 1 aromatic heterocycles. The fraction of sp³-hybridized carbons (Fsp3) is 0.556. The number of aliphatic hydroxyl groups excluding tert-OH is 3. The number of H-pyrrole nitrogens is 1. The molecule has 5 fully saturated rings. The molecule has 6 aliphatic carbocycles. The van der Waals surface area contributed by atoms with E-state index < -0.39 is 29.6 Å². The number of benzene rings is 3. The third-order valence-electron chi connectivity index (χ3n) is 20.6. The number of Topliss-reactive ketones (excluding diaryl/α,β-unsaturated/α-hetero) is 2. The first-order chi connectivity index (χ1) is 36.4. The van der Waals surface area contributed by atoms with E-state index in [0.717, 1.165) is 72.8 Å². The Kier molecular flexibility index (Phi) is 13.6. The Balaban J connectivity index is 0.871. The molecule has 10 N–H and O–H groups in total. The van der Waals surface area contributed by atoms with E-state index >= 15 is 4.79 Å². The van der Waals surface area contributed by atoms with Crippen molar-refractivity contribution in [3.63, 3.8) is 0 Å². The van der Waals surface area contributed by atoms with Crippen LogP contribution in [0.15, 0.2) is 89.9 Å². The number of aromatic hydroxyl groups is 1. The molecule has 12 heteroatoms. The first kappa shape index (κ1) is 50.4. The van der Waals surface area contributed by atoms with E-state index in [2.05, 4.69) is 89.2 Å². The molecule has 1 saturated heterocycles. The molecule has 4 saturated carbocycles. The largest absolute Gasteiger partial charge is 0.504 e. The Bertz CT molecular complexity index is 2990. The number of carbonyl (C=O) groups is 2. The molecule has 4 aromatic rings. The smallest absolute Gasteiger partial charge is 0.160 e. The maximum atomic E-state index is 15.2. The van der Waals surface area contributed by atoms with Crippen LogP contribution in [0.5, 0.6) is 11.5 Å².